The van der Waals surface area contributed by atoms with E-state index in [9.17, 15) is 19.8 Å². The minimum atomic E-state index is -0.935. The van der Waals surface area contributed by atoms with E-state index in [0.29, 0.717) is 18.4 Å². The molecule has 2 atom stereocenters. The molecule has 0 aliphatic heterocycles. The lowest BCUT2D eigenvalue weighted by Crippen LogP contribution is -2.44. The van der Waals surface area contributed by atoms with Gasteiger partial charge in [0.25, 0.3) is 0 Å². The Kier molecular flexibility index (Phi) is 16.0. The van der Waals surface area contributed by atoms with Crippen LogP contribution in [0.3, 0.4) is 0 Å². The summed E-state index contributed by atoms with van der Waals surface area (Å²) in [5, 5.41) is 36.0. The maximum atomic E-state index is 10.3. The molecule has 0 aromatic carbocycles. The van der Waals surface area contributed by atoms with E-state index in [0.717, 1.165) is 12.8 Å². The Hall–Kier alpha value is -1.66. The van der Waals surface area contributed by atoms with Crippen LogP contribution >= 0.6 is 0 Å². The standard InChI is InChI=1S/C18H34O2.2C4H6O2/c19-14-17-12-8-4-5-9-13-18(17,15-20)16-10-6-2-1-3-7-11-16;2*1-3(2)4(5)6/h16-17,19-20H,1-15H2;2*1H2,2H3,(H,5,6). The van der Waals surface area contributed by atoms with Gasteiger partial charge in [-0.3, -0.25) is 0 Å². The third kappa shape index (κ3) is 11.3. The molecule has 0 aromatic heterocycles. The predicted octanol–water partition coefficient (Wildman–Crippen LogP) is 5.58. The van der Waals surface area contributed by atoms with E-state index in [4.69, 9.17) is 10.2 Å². The first-order chi connectivity index (χ1) is 15.1. The monoisotopic (exact) mass is 454 g/mol. The molecule has 6 heteroatoms. The highest BCUT2D eigenvalue weighted by molar-refractivity contribution is 5.85. The minimum absolute atomic E-state index is 0.0203. The van der Waals surface area contributed by atoms with Gasteiger partial charge in [-0.15, -0.1) is 0 Å². The molecule has 0 amide bonds. The SMILES string of the molecule is C=C(C)C(=O)O.C=C(C)C(=O)O.OCC1CCCCCCC1(CO)C1CCCCCCC1. The first kappa shape index (κ1) is 30.3. The number of carboxylic acids is 2. The average Bonchev–Trinajstić information content (AvgIpc) is 2.70. The van der Waals surface area contributed by atoms with Crippen molar-refractivity contribution in [2.24, 2.45) is 17.3 Å². The number of rotatable bonds is 5. The maximum Gasteiger partial charge on any atom is 0.330 e. The second-order valence-corrected chi connectivity index (χ2v) is 9.44. The van der Waals surface area contributed by atoms with Crippen LogP contribution in [-0.4, -0.2) is 45.6 Å². The van der Waals surface area contributed by atoms with E-state index in [-0.39, 0.29) is 23.2 Å². The number of aliphatic carboxylic acids is 2. The molecule has 186 valence electrons. The fourth-order valence-electron chi connectivity index (χ4n) is 4.87. The summed E-state index contributed by atoms with van der Waals surface area (Å²) in [7, 11) is 0. The fraction of sp³-hybridized carbons (Fsp3) is 0.769. The highest BCUT2D eigenvalue weighted by atomic mass is 16.4. The summed E-state index contributed by atoms with van der Waals surface area (Å²) in [5.74, 6) is -0.898. The molecule has 0 saturated heterocycles. The molecule has 2 unspecified atom stereocenters. The molecular formula is C26H46O6. The molecule has 0 aromatic rings. The Labute approximate surface area is 194 Å². The number of carboxylic acid groups (broad SMARTS) is 2. The highest BCUT2D eigenvalue weighted by Crippen LogP contribution is 2.48. The number of hydrogen-bond donors (Lipinski definition) is 4. The Bertz CT molecular complexity index is 529. The quantitative estimate of drug-likeness (QED) is 0.403. The van der Waals surface area contributed by atoms with Crippen molar-refractivity contribution in [3.05, 3.63) is 24.3 Å². The van der Waals surface area contributed by atoms with Crippen molar-refractivity contribution in [2.45, 2.75) is 97.3 Å². The topological polar surface area (TPSA) is 115 Å². The summed E-state index contributed by atoms with van der Waals surface area (Å²) in [5.41, 5.74) is 0.372. The molecule has 6 nitrogen and oxygen atoms in total. The van der Waals surface area contributed by atoms with Crippen LogP contribution in [0.5, 0.6) is 0 Å². The van der Waals surface area contributed by atoms with Crippen LogP contribution in [0.2, 0.25) is 0 Å². The Morgan fingerprint density at radius 3 is 1.50 bits per heavy atom. The normalized spacial score (nSPS) is 24.6. The van der Waals surface area contributed by atoms with Gasteiger partial charge in [-0.05, 0) is 51.4 Å². The van der Waals surface area contributed by atoms with Crippen molar-refractivity contribution in [1.29, 1.82) is 0 Å². The molecule has 2 rings (SSSR count). The smallest absolute Gasteiger partial charge is 0.330 e. The molecule has 4 N–H and O–H groups in total. The van der Waals surface area contributed by atoms with Crippen molar-refractivity contribution in [3.8, 4) is 0 Å². The van der Waals surface area contributed by atoms with E-state index in [1.54, 1.807) is 0 Å². The maximum absolute atomic E-state index is 10.3. The van der Waals surface area contributed by atoms with Gasteiger partial charge in [0.1, 0.15) is 0 Å². The van der Waals surface area contributed by atoms with Crippen molar-refractivity contribution in [1.82, 2.24) is 0 Å². The van der Waals surface area contributed by atoms with Gasteiger partial charge >= 0.3 is 11.9 Å². The van der Waals surface area contributed by atoms with Gasteiger partial charge in [-0.1, -0.05) is 70.9 Å². The second kappa shape index (κ2) is 16.9. The molecule has 2 fully saturated rings. The van der Waals surface area contributed by atoms with E-state index >= 15 is 0 Å². The summed E-state index contributed by atoms with van der Waals surface area (Å²) in [4.78, 5) is 19.2. The molecule has 2 saturated carbocycles. The molecule has 0 bridgehead atoms. The Morgan fingerprint density at radius 2 is 1.12 bits per heavy atom. The second-order valence-electron chi connectivity index (χ2n) is 9.44. The van der Waals surface area contributed by atoms with Crippen LogP contribution in [-0.2, 0) is 9.59 Å². The number of aliphatic hydroxyl groups excluding tert-OH is 2. The van der Waals surface area contributed by atoms with E-state index < -0.39 is 11.9 Å². The van der Waals surface area contributed by atoms with Gasteiger partial charge in [-0.25, -0.2) is 9.59 Å². The highest BCUT2D eigenvalue weighted by Gasteiger charge is 2.43. The zero-order chi connectivity index (χ0) is 24.6. The van der Waals surface area contributed by atoms with Crippen LogP contribution in [0.1, 0.15) is 97.3 Å². The minimum Gasteiger partial charge on any atom is -0.478 e. The summed E-state index contributed by atoms with van der Waals surface area (Å²) < 4.78 is 0. The van der Waals surface area contributed by atoms with Gasteiger partial charge in [0.15, 0.2) is 0 Å². The largest absolute Gasteiger partial charge is 0.478 e. The predicted molar refractivity (Wildman–Crippen MR) is 129 cm³/mol. The Balaban J connectivity index is 0.000000662. The van der Waals surface area contributed by atoms with Gasteiger partial charge in [0.2, 0.25) is 0 Å². The summed E-state index contributed by atoms with van der Waals surface area (Å²) in [6.07, 6.45) is 16.7. The van der Waals surface area contributed by atoms with Crippen molar-refractivity contribution < 1.29 is 30.0 Å². The molecule has 2 aliphatic carbocycles. The lowest BCUT2D eigenvalue weighted by molar-refractivity contribution is -0.133. The van der Waals surface area contributed by atoms with Gasteiger partial charge < -0.3 is 20.4 Å². The van der Waals surface area contributed by atoms with Crippen molar-refractivity contribution >= 4 is 11.9 Å². The molecule has 2 aliphatic rings. The zero-order valence-corrected chi connectivity index (χ0v) is 20.3. The molecule has 0 radical (unpaired) electrons. The van der Waals surface area contributed by atoms with E-state index in [1.807, 2.05) is 0 Å². The van der Waals surface area contributed by atoms with Crippen LogP contribution in [0.4, 0.5) is 0 Å². The van der Waals surface area contributed by atoms with Crippen molar-refractivity contribution in [2.75, 3.05) is 13.2 Å². The van der Waals surface area contributed by atoms with Crippen LogP contribution in [0.25, 0.3) is 0 Å². The molecule has 32 heavy (non-hydrogen) atoms. The lowest BCUT2D eigenvalue weighted by Gasteiger charge is -2.47. The molecule has 0 heterocycles. The number of carbonyl (C=O) groups is 2. The third-order valence-corrected chi connectivity index (χ3v) is 6.92. The first-order valence-electron chi connectivity index (χ1n) is 12.1. The van der Waals surface area contributed by atoms with Crippen LogP contribution < -0.4 is 0 Å². The average molecular weight is 455 g/mol. The summed E-state index contributed by atoms with van der Waals surface area (Å²) >= 11 is 0. The first-order valence-corrected chi connectivity index (χ1v) is 12.1. The molecular weight excluding hydrogens is 408 g/mol. The summed E-state index contributed by atoms with van der Waals surface area (Å²) in [6, 6.07) is 0. The fourth-order valence-corrected chi connectivity index (χ4v) is 4.87. The van der Waals surface area contributed by atoms with Crippen LogP contribution in [0.15, 0.2) is 24.3 Å². The van der Waals surface area contributed by atoms with Gasteiger partial charge in [-0.2, -0.15) is 0 Å². The Morgan fingerprint density at radius 1 is 0.750 bits per heavy atom. The number of aliphatic hydroxyl groups is 2. The lowest BCUT2D eigenvalue weighted by atomic mass is 9.59. The van der Waals surface area contributed by atoms with E-state index in [1.165, 1.54) is 84.5 Å². The third-order valence-electron chi connectivity index (χ3n) is 6.92. The van der Waals surface area contributed by atoms with Crippen molar-refractivity contribution in [3.63, 3.8) is 0 Å². The summed E-state index contributed by atoms with van der Waals surface area (Å²) in [6.45, 7) is 9.77. The van der Waals surface area contributed by atoms with Crippen LogP contribution in [0, 0.1) is 17.3 Å². The number of hydrogen-bond acceptors (Lipinski definition) is 4. The van der Waals surface area contributed by atoms with E-state index in [2.05, 4.69) is 13.2 Å². The molecule has 0 spiro atoms. The zero-order valence-electron chi connectivity index (χ0n) is 20.3. The van der Waals surface area contributed by atoms with Gasteiger partial charge in [0.05, 0.1) is 0 Å². The van der Waals surface area contributed by atoms with Gasteiger partial charge in [0, 0.05) is 29.8 Å².